The van der Waals surface area contributed by atoms with Crippen molar-refractivity contribution in [3.05, 3.63) is 80.6 Å². The Morgan fingerprint density at radius 2 is 0.981 bits per heavy atom. The molecule has 0 aliphatic carbocycles. The molecule has 2 N–H and O–H groups in total. The Kier molecular flexibility index (Phi) is 27.2. The molecule has 0 aliphatic rings. The van der Waals surface area contributed by atoms with Crippen LogP contribution < -0.4 is 35.3 Å². The molecule has 0 spiro atoms. The number of hydrogen-bond donors (Lipinski definition) is 1. The smallest absolute Gasteiger partial charge is 0.793 e. The van der Waals surface area contributed by atoms with Crippen LogP contribution in [-0.4, -0.2) is 69.6 Å². The van der Waals surface area contributed by atoms with Gasteiger partial charge >= 0.3 is 35.2 Å². The average Bonchev–Trinajstić information content (AvgIpc) is 3.06. The van der Waals surface area contributed by atoms with Gasteiger partial charge in [-0.2, -0.15) is 10.1 Å². The second-order valence-corrected chi connectivity index (χ2v) is 19.3. The van der Waals surface area contributed by atoms with Crippen LogP contribution in [0.1, 0.15) is 49.0 Å². The van der Waals surface area contributed by atoms with E-state index in [1.54, 1.807) is 30.8 Å². The monoisotopic (exact) mass is 853 g/mol. The molecule has 3 rings (SSSR count). The van der Waals surface area contributed by atoms with Gasteiger partial charge in [-0.3, -0.25) is 20.2 Å². The van der Waals surface area contributed by atoms with Gasteiger partial charge in [-0.25, -0.2) is 25.3 Å². The molecule has 0 fully saturated rings. The number of sulfone groups is 3. The molecule has 0 saturated heterocycles. The van der Waals surface area contributed by atoms with Crippen molar-refractivity contribution in [1.82, 2.24) is 0 Å². The molecular formula is C31H45FN3NaO10S6. The minimum Gasteiger partial charge on any atom is -0.793 e. The molecule has 0 heterocycles. The number of benzene rings is 3. The molecule has 0 bridgehead atoms. The van der Waals surface area contributed by atoms with Gasteiger partial charge in [0.2, 0.25) is 5.82 Å². The molecule has 0 aromatic heterocycles. The van der Waals surface area contributed by atoms with E-state index in [9.17, 15) is 49.9 Å². The molecule has 0 radical (unpaired) electrons. The van der Waals surface area contributed by atoms with Crippen LogP contribution in [0.15, 0.2) is 79.1 Å². The van der Waals surface area contributed by atoms with E-state index in [1.165, 1.54) is 43.8 Å². The first-order chi connectivity index (χ1) is 23.2. The third-order valence-electron chi connectivity index (χ3n) is 6.04. The second-order valence-electron chi connectivity index (χ2n) is 9.32. The van der Waals surface area contributed by atoms with E-state index in [4.69, 9.17) is 5.73 Å². The molecule has 0 amide bonds. The fourth-order valence-corrected chi connectivity index (χ4v) is 7.62. The third kappa shape index (κ3) is 17.5. The molecule has 3 aromatic rings. The molecule has 21 heteroatoms. The van der Waals surface area contributed by atoms with E-state index < -0.39 is 50.9 Å². The van der Waals surface area contributed by atoms with Gasteiger partial charge in [-0.1, -0.05) is 49.0 Å². The molecule has 13 nitrogen and oxygen atoms in total. The molecule has 0 saturated carbocycles. The van der Waals surface area contributed by atoms with Crippen molar-refractivity contribution in [1.29, 1.82) is 0 Å². The van der Waals surface area contributed by atoms with Crippen molar-refractivity contribution in [3.8, 4) is 0 Å². The van der Waals surface area contributed by atoms with Gasteiger partial charge in [0.15, 0.2) is 29.5 Å². The van der Waals surface area contributed by atoms with Gasteiger partial charge in [-0.15, -0.1) is 23.5 Å². The van der Waals surface area contributed by atoms with Crippen molar-refractivity contribution in [2.24, 2.45) is 0 Å². The van der Waals surface area contributed by atoms with Crippen LogP contribution in [0.3, 0.4) is 0 Å². The van der Waals surface area contributed by atoms with Crippen LogP contribution in [0.2, 0.25) is 0 Å². The fourth-order valence-electron chi connectivity index (χ4n) is 3.44. The maximum Gasteiger partial charge on any atom is 1.00 e. The minimum absolute atomic E-state index is 0. The summed E-state index contributed by atoms with van der Waals surface area (Å²) in [5.41, 5.74) is 5.34. The zero-order valence-electron chi connectivity index (χ0n) is 29.3. The quantitative estimate of drug-likeness (QED) is 0.0509. The summed E-state index contributed by atoms with van der Waals surface area (Å²) in [5.74, 6) is 1.26. The Morgan fingerprint density at radius 3 is 1.33 bits per heavy atom. The number of nitro groups is 2. The van der Waals surface area contributed by atoms with Crippen molar-refractivity contribution in [2.75, 3.05) is 40.3 Å². The number of nitrogens with two attached hydrogens (primary N) is 1. The first kappa shape index (κ1) is 54.4. The SMILES string of the molecule is C.CCS(=O)(=O)c1ccc(F)c([N+](=O)[O-])c1.CCSc1ccc(S(=O)(=O)CC)cc1N.CCSc1ccc(S(=O)(=O)CC)cc1[N+](=O)[O-].CC[S-].[Na+]. The normalized spacial score (nSPS) is 10.7. The van der Waals surface area contributed by atoms with Gasteiger partial charge < -0.3 is 18.4 Å². The zero-order chi connectivity index (χ0) is 38.9. The Balaban J connectivity index is -0.000000655. The van der Waals surface area contributed by atoms with E-state index >= 15 is 0 Å². The van der Waals surface area contributed by atoms with E-state index in [-0.39, 0.29) is 69.7 Å². The molecule has 0 aliphatic heterocycles. The van der Waals surface area contributed by atoms with Crippen LogP contribution in [-0.2, 0) is 42.1 Å². The molecule has 3 aromatic carbocycles. The molecule has 52 heavy (non-hydrogen) atoms. The summed E-state index contributed by atoms with van der Waals surface area (Å²) >= 11 is 7.32. The molecule has 0 atom stereocenters. The second kappa shape index (κ2) is 26.0. The first-order valence-electron chi connectivity index (χ1n) is 14.9. The number of rotatable bonds is 12. The number of anilines is 1. The van der Waals surface area contributed by atoms with Crippen LogP contribution in [0.4, 0.5) is 21.5 Å². The maximum absolute atomic E-state index is 12.9. The summed E-state index contributed by atoms with van der Waals surface area (Å²) in [5, 5.41) is 21.2. The Labute approximate surface area is 343 Å². The van der Waals surface area contributed by atoms with E-state index in [1.807, 2.05) is 20.8 Å². The molecular weight excluding hydrogens is 809 g/mol. The number of thioether (sulfide) groups is 2. The summed E-state index contributed by atoms with van der Waals surface area (Å²) in [4.78, 5) is 21.2. The van der Waals surface area contributed by atoms with E-state index in [2.05, 4.69) is 12.6 Å². The van der Waals surface area contributed by atoms with Crippen molar-refractivity contribution < 1.29 is 69.0 Å². The summed E-state index contributed by atoms with van der Waals surface area (Å²) in [6, 6.07) is 11.5. The number of nitro benzene ring substituents is 2. The van der Waals surface area contributed by atoms with Gasteiger partial charge in [-0.05, 0) is 54.0 Å². The van der Waals surface area contributed by atoms with E-state index in [0.717, 1.165) is 40.7 Å². The average molecular weight is 854 g/mol. The number of hydrogen-bond acceptors (Lipinski definition) is 14. The van der Waals surface area contributed by atoms with Crippen LogP contribution in [0, 0.1) is 26.0 Å². The summed E-state index contributed by atoms with van der Waals surface area (Å²) < 4.78 is 81.9. The fraction of sp³-hybridized carbons (Fsp3) is 0.419. The van der Waals surface area contributed by atoms with E-state index in [0.29, 0.717) is 21.2 Å². The standard InChI is InChI=1S/C10H13NO4S2.C10H15NO2S2.C8H8FNO4S.C2H6S.CH4.Na/c1-3-16-10-6-5-8(17(14,15)4-2)7-9(10)11(12)13;1-3-14-10-6-5-8(7-9(10)11)15(12,13)4-2;1-2-15(13,14)6-3-4-7(9)8(5-6)10(11)12;1-2-3;;/h5-7H,3-4H2,1-2H3;5-7H,3-4,11H2,1-2H3;3-5H,2H2,1H3;3H,2H2,1H3;1H4;/q;;;;;+1/p-1. The van der Waals surface area contributed by atoms with Crippen molar-refractivity contribution >= 4 is 82.7 Å². The van der Waals surface area contributed by atoms with Gasteiger partial charge in [0, 0.05) is 22.7 Å². The van der Waals surface area contributed by atoms with Gasteiger partial charge in [0.05, 0.1) is 46.7 Å². The van der Waals surface area contributed by atoms with Gasteiger partial charge in [0.1, 0.15) is 0 Å². The minimum atomic E-state index is -3.54. The molecule has 288 valence electrons. The van der Waals surface area contributed by atoms with Crippen LogP contribution in [0.5, 0.6) is 0 Å². The summed E-state index contributed by atoms with van der Waals surface area (Å²) in [6.45, 7) is 10.4. The largest absolute Gasteiger partial charge is 1.00 e. The zero-order valence-corrected chi connectivity index (χ0v) is 36.2. The predicted octanol–water partition coefficient (Wildman–Crippen LogP) is 4.40. The Hall–Kier alpha value is -1.91. The topological polar surface area (TPSA) is 215 Å². The van der Waals surface area contributed by atoms with Gasteiger partial charge in [0.25, 0.3) is 5.69 Å². The Bertz CT molecular complexity index is 1930. The van der Waals surface area contributed by atoms with Crippen molar-refractivity contribution in [2.45, 2.75) is 73.4 Å². The molecule has 0 unspecified atom stereocenters. The first-order valence-corrected chi connectivity index (χ1v) is 22.4. The maximum atomic E-state index is 12.9. The number of nitrogens with zero attached hydrogens (tertiary/aromatic N) is 2. The van der Waals surface area contributed by atoms with Crippen LogP contribution in [0.25, 0.3) is 0 Å². The summed E-state index contributed by atoms with van der Waals surface area (Å²) in [7, 11) is -10.1. The number of halogens is 1. The number of nitrogen functional groups attached to an aromatic ring is 1. The Morgan fingerprint density at radius 1 is 0.654 bits per heavy atom. The third-order valence-corrected chi connectivity index (χ3v) is 13.2. The van der Waals surface area contributed by atoms with Crippen molar-refractivity contribution in [3.63, 3.8) is 0 Å². The summed E-state index contributed by atoms with van der Waals surface area (Å²) in [6.07, 6.45) is 0. The predicted molar refractivity (Wildman–Crippen MR) is 208 cm³/mol. The van der Waals surface area contributed by atoms with Crippen LogP contribution >= 0.6 is 23.5 Å².